The fourth-order valence-electron chi connectivity index (χ4n) is 3.97. The highest BCUT2D eigenvalue weighted by molar-refractivity contribution is 6.05. The quantitative estimate of drug-likeness (QED) is 0.698. The molecule has 7 heteroatoms. The van der Waals surface area contributed by atoms with Crippen LogP contribution in [-0.2, 0) is 16.1 Å². The fourth-order valence-corrected chi connectivity index (χ4v) is 3.97. The molecule has 3 amide bonds. The number of oxazole rings is 1. The summed E-state index contributed by atoms with van der Waals surface area (Å²) < 4.78 is 5.65. The number of imide groups is 1. The molecule has 1 atom stereocenters. The van der Waals surface area contributed by atoms with Gasteiger partial charge in [-0.15, -0.1) is 0 Å². The monoisotopic (exact) mass is 387 g/mol. The maximum atomic E-state index is 12.8. The number of nitrogens with zero attached hydrogens (tertiary/aromatic N) is 2. The summed E-state index contributed by atoms with van der Waals surface area (Å²) in [5.74, 6) is -0.270. The molecule has 144 valence electrons. The summed E-state index contributed by atoms with van der Waals surface area (Å²) in [5.41, 5.74) is 3.89. The lowest BCUT2D eigenvalue weighted by atomic mass is 10.0. The molecular weight excluding hydrogens is 370 g/mol. The van der Waals surface area contributed by atoms with Gasteiger partial charge < -0.3 is 9.32 Å². The zero-order valence-electron chi connectivity index (χ0n) is 15.4. The van der Waals surface area contributed by atoms with Crippen LogP contribution in [-0.4, -0.2) is 33.6 Å². The van der Waals surface area contributed by atoms with E-state index in [9.17, 15) is 14.4 Å². The maximum Gasteiger partial charge on any atom is 0.255 e. The lowest BCUT2D eigenvalue weighted by Gasteiger charge is -2.29. The van der Waals surface area contributed by atoms with E-state index in [2.05, 4.69) is 10.3 Å². The van der Waals surface area contributed by atoms with Crippen LogP contribution in [0.25, 0.3) is 22.6 Å². The van der Waals surface area contributed by atoms with Crippen LogP contribution < -0.4 is 5.32 Å². The van der Waals surface area contributed by atoms with Crippen molar-refractivity contribution in [2.45, 2.75) is 25.4 Å². The van der Waals surface area contributed by atoms with Crippen molar-refractivity contribution in [2.24, 2.45) is 0 Å². The molecule has 7 nitrogen and oxygen atoms in total. The predicted molar refractivity (Wildman–Crippen MR) is 103 cm³/mol. The molecule has 5 rings (SSSR count). The lowest BCUT2D eigenvalue weighted by Crippen LogP contribution is -2.52. The van der Waals surface area contributed by atoms with E-state index in [-0.39, 0.29) is 18.2 Å². The minimum atomic E-state index is -0.624. The van der Waals surface area contributed by atoms with Gasteiger partial charge in [0.1, 0.15) is 11.7 Å². The van der Waals surface area contributed by atoms with Crippen molar-refractivity contribution in [1.29, 1.82) is 0 Å². The van der Waals surface area contributed by atoms with E-state index in [0.29, 0.717) is 24.3 Å². The molecule has 0 spiro atoms. The van der Waals surface area contributed by atoms with Crippen LogP contribution in [0.15, 0.2) is 59.3 Å². The van der Waals surface area contributed by atoms with E-state index in [1.54, 1.807) is 6.07 Å². The molecular formula is C22H17N3O4. The van der Waals surface area contributed by atoms with Crippen LogP contribution in [0, 0.1) is 0 Å². The summed E-state index contributed by atoms with van der Waals surface area (Å²) >= 11 is 0. The number of rotatable bonds is 3. The van der Waals surface area contributed by atoms with Crippen LogP contribution in [0.5, 0.6) is 0 Å². The Balaban J connectivity index is 1.47. The average Bonchev–Trinajstić information content (AvgIpc) is 3.34. The first-order valence-corrected chi connectivity index (χ1v) is 9.38. The van der Waals surface area contributed by atoms with Gasteiger partial charge in [0.25, 0.3) is 5.91 Å². The van der Waals surface area contributed by atoms with Crippen molar-refractivity contribution in [3.63, 3.8) is 0 Å². The Labute approximate surface area is 166 Å². The molecule has 1 aromatic heterocycles. The number of carbonyl (C=O) groups is 3. The zero-order valence-corrected chi connectivity index (χ0v) is 15.4. The third-order valence-electron chi connectivity index (χ3n) is 5.40. The molecule has 1 saturated heterocycles. The van der Waals surface area contributed by atoms with Gasteiger partial charge in [-0.25, -0.2) is 4.98 Å². The standard InChI is InChI=1S/C22H17N3O4/c26-18-9-8-17(21(27)24-18)25-11-15-10-14(6-7-16(15)22(25)28)20-19(23-12-29-20)13-4-2-1-3-5-13/h1-7,10,12,17H,8-9,11H2,(H,24,26,27). The predicted octanol–water partition coefficient (Wildman–Crippen LogP) is 2.77. The van der Waals surface area contributed by atoms with E-state index in [1.807, 2.05) is 42.5 Å². The van der Waals surface area contributed by atoms with Crippen molar-refractivity contribution in [3.05, 3.63) is 66.1 Å². The van der Waals surface area contributed by atoms with Gasteiger partial charge in [-0.2, -0.15) is 0 Å². The second kappa shape index (κ2) is 6.70. The number of hydrogen-bond acceptors (Lipinski definition) is 5. The molecule has 1 fully saturated rings. The molecule has 1 N–H and O–H groups in total. The highest BCUT2D eigenvalue weighted by Gasteiger charge is 2.39. The fraction of sp³-hybridized carbons (Fsp3) is 0.182. The topological polar surface area (TPSA) is 92.5 Å². The molecule has 0 bridgehead atoms. The Morgan fingerprint density at radius 1 is 1.03 bits per heavy atom. The van der Waals surface area contributed by atoms with Gasteiger partial charge in [-0.1, -0.05) is 36.4 Å². The zero-order chi connectivity index (χ0) is 20.0. The Bertz CT molecular complexity index is 1140. The summed E-state index contributed by atoms with van der Waals surface area (Å²) in [7, 11) is 0. The largest absolute Gasteiger partial charge is 0.443 e. The van der Waals surface area contributed by atoms with Gasteiger partial charge in [0.2, 0.25) is 11.8 Å². The number of fused-ring (bicyclic) bond motifs is 1. The van der Waals surface area contributed by atoms with Crippen molar-refractivity contribution in [1.82, 2.24) is 15.2 Å². The number of nitrogens with one attached hydrogen (secondary N) is 1. The summed E-state index contributed by atoms with van der Waals surface area (Å²) in [5, 5.41) is 2.32. The van der Waals surface area contributed by atoms with Gasteiger partial charge in [-0.05, 0) is 24.1 Å². The van der Waals surface area contributed by atoms with Gasteiger partial charge in [0, 0.05) is 29.7 Å². The van der Waals surface area contributed by atoms with Crippen LogP contribution in [0.3, 0.4) is 0 Å². The molecule has 0 aliphatic carbocycles. The molecule has 2 aliphatic heterocycles. The normalized spacial score (nSPS) is 18.7. The average molecular weight is 387 g/mol. The molecule has 3 heterocycles. The second-order valence-electron chi connectivity index (χ2n) is 7.17. The smallest absolute Gasteiger partial charge is 0.255 e. The summed E-state index contributed by atoms with van der Waals surface area (Å²) in [6, 6.07) is 14.6. The van der Waals surface area contributed by atoms with Crippen molar-refractivity contribution in [2.75, 3.05) is 0 Å². The molecule has 2 aromatic carbocycles. The molecule has 0 saturated carbocycles. The molecule has 0 radical (unpaired) electrons. The highest BCUT2D eigenvalue weighted by Crippen LogP contribution is 2.35. The molecule has 1 unspecified atom stereocenters. The first kappa shape index (κ1) is 17.4. The third kappa shape index (κ3) is 2.91. The maximum absolute atomic E-state index is 12.8. The van der Waals surface area contributed by atoms with E-state index in [4.69, 9.17) is 4.42 Å². The van der Waals surface area contributed by atoms with E-state index in [0.717, 1.165) is 22.4 Å². The first-order chi connectivity index (χ1) is 14.1. The van der Waals surface area contributed by atoms with E-state index in [1.165, 1.54) is 11.3 Å². The third-order valence-corrected chi connectivity index (χ3v) is 5.40. The number of benzene rings is 2. The number of hydrogen-bond donors (Lipinski definition) is 1. The second-order valence-corrected chi connectivity index (χ2v) is 7.17. The summed E-state index contributed by atoms with van der Waals surface area (Å²) in [4.78, 5) is 42.3. The number of aromatic nitrogens is 1. The summed E-state index contributed by atoms with van der Waals surface area (Å²) in [6.45, 7) is 0.323. The van der Waals surface area contributed by atoms with Crippen molar-refractivity contribution >= 4 is 17.7 Å². The number of amides is 3. The lowest BCUT2D eigenvalue weighted by molar-refractivity contribution is -0.136. The van der Waals surface area contributed by atoms with Gasteiger partial charge in [0.05, 0.1) is 0 Å². The van der Waals surface area contributed by atoms with Gasteiger partial charge in [0.15, 0.2) is 12.2 Å². The molecule has 2 aliphatic rings. The SMILES string of the molecule is O=C1CCC(N2Cc3cc(-c4ocnc4-c4ccccc4)ccc3C2=O)C(=O)N1. The van der Waals surface area contributed by atoms with Gasteiger partial charge >= 0.3 is 0 Å². The van der Waals surface area contributed by atoms with Crippen LogP contribution in [0.1, 0.15) is 28.8 Å². The number of piperidine rings is 1. The summed E-state index contributed by atoms with van der Waals surface area (Å²) in [6.07, 6.45) is 1.99. The van der Waals surface area contributed by atoms with E-state index < -0.39 is 11.9 Å². The highest BCUT2D eigenvalue weighted by atomic mass is 16.3. The number of carbonyl (C=O) groups excluding carboxylic acids is 3. The van der Waals surface area contributed by atoms with Crippen LogP contribution in [0.4, 0.5) is 0 Å². The Morgan fingerprint density at radius 2 is 1.86 bits per heavy atom. The molecule has 29 heavy (non-hydrogen) atoms. The minimum absolute atomic E-state index is 0.193. The Kier molecular flexibility index (Phi) is 4.01. The van der Waals surface area contributed by atoms with Crippen molar-refractivity contribution < 1.29 is 18.8 Å². The molecule has 3 aromatic rings. The van der Waals surface area contributed by atoms with E-state index >= 15 is 0 Å². The first-order valence-electron chi connectivity index (χ1n) is 9.38. The van der Waals surface area contributed by atoms with Crippen LogP contribution >= 0.6 is 0 Å². The Morgan fingerprint density at radius 3 is 2.66 bits per heavy atom. The van der Waals surface area contributed by atoms with Crippen LogP contribution in [0.2, 0.25) is 0 Å². The van der Waals surface area contributed by atoms with Gasteiger partial charge in [-0.3, -0.25) is 19.7 Å². The Hall–Kier alpha value is -3.74. The minimum Gasteiger partial charge on any atom is -0.443 e. The van der Waals surface area contributed by atoms with Crippen molar-refractivity contribution in [3.8, 4) is 22.6 Å².